The van der Waals surface area contributed by atoms with Gasteiger partial charge in [0, 0.05) is 50.4 Å². The van der Waals surface area contributed by atoms with E-state index in [-0.39, 0.29) is 18.6 Å². The Morgan fingerprint density at radius 3 is 2.66 bits per heavy atom. The summed E-state index contributed by atoms with van der Waals surface area (Å²) < 4.78 is 12.0. The Balaban J connectivity index is 1.28. The number of fused-ring (bicyclic) bond motifs is 2. The van der Waals surface area contributed by atoms with Gasteiger partial charge in [-0.15, -0.1) is 0 Å². The number of amides is 1. The lowest BCUT2D eigenvalue weighted by molar-refractivity contribution is 0.0144. The van der Waals surface area contributed by atoms with Gasteiger partial charge in [-0.2, -0.15) is 15.2 Å². The molecule has 0 bridgehead atoms. The van der Waals surface area contributed by atoms with Gasteiger partial charge in [0.1, 0.15) is 18.0 Å². The third kappa shape index (κ3) is 6.64. The molecule has 0 N–H and O–H groups in total. The van der Waals surface area contributed by atoms with E-state index in [1.807, 2.05) is 20.8 Å². The lowest BCUT2D eigenvalue weighted by Crippen LogP contribution is -2.56. The number of piperazine rings is 1. The number of carbonyl (C=O) groups is 1. The summed E-state index contributed by atoms with van der Waals surface area (Å²) in [5.41, 5.74) is 4.52. The molecule has 2 aromatic rings. The first kappa shape index (κ1) is 30.6. The van der Waals surface area contributed by atoms with Crippen LogP contribution in [0.25, 0.3) is 0 Å². The molecule has 0 spiro atoms. The maximum absolute atomic E-state index is 13.1. The highest BCUT2D eigenvalue weighted by Gasteiger charge is 2.37. The molecule has 3 aliphatic heterocycles. The van der Waals surface area contributed by atoms with Gasteiger partial charge >= 0.3 is 12.1 Å². The molecular weight excluding hydrogens is 554 g/mol. The molecule has 0 saturated carbocycles. The fourth-order valence-corrected chi connectivity index (χ4v) is 7.36. The lowest BCUT2D eigenvalue weighted by Gasteiger charge is -2.43. The SMILES string of the molecule is CN1CCC[C@H]1COc1nc2c(c(N3CCN(C(=O)OC(C)(C)C)[C@@H](CC#N)C3)n1)CCN(C1CCCc3ccccc31)C2. The van der Waals surface area contributed by atoms with Crippen LogP contribution < -0.4 is 9.64 Å². The van der Waals surface area contributed by atoms with Gasteiger partial charge in [0.05, 0.1) is 24.2 Å². The first-order valence-electron chi connectivity index (χ1n) is 16.4. The molecule has 236 valence electrons. The largest absolute Gasteiger partial charge is 0.462 e. The van der Waals surface area contributed by atoms with Gasteiger partial charge in [-0.1, -0.05) is 24.3 Å². The fraction of sp³-hybridized carbons (Fsp3) is 0.647. The van der Waals surface area contributed by atoms with Gasteiger partial charge in [0.15, 0.2) is 0 Å². The average molecular weight is 602 g/mol. The van der Waals surface area contributed by atoms with Crippen LogP contribution in [0.15, 0.2) is 24.3 Å². The Morgan fingerprint density at radius 2 is 1.89 bits per heavy atom. The molecule has 6 rings (SSSR count). The lowest BCUT2D eigenvalue weighted by atomic mass is 9.86. The molecule has 1 aromatic carbocycles. The predicted molar refractivity (Wildman–Crippen MR) is 169 cm³/mol. The van der Waals surface area contributed by atoms with Crippen molar-refractivity contribution in [3.8, 4) is 12.1 Å². The number of carbonyl (C=O) groups excluding carboxylic acids is 1. The quantitative estimate of drug-likeness (QED) is 0.466. The van der Waals surface area contributed by atoms with Gasteiger partial charge < -0.3 is 24.2 Å². The van der Waals surface area contributed by atoms with E-state index in [2.05, 4.69) is 52.1 Å². The number of aryl methyl sites for hydroxylation is 1. The molecule has 1 unspecified atom stereocenters. The highest BCUT2D eigenvalue weighted by molar-refractivity contribution is 5.69. The predicted octanol–water partition coefficient (Wildman–Crippen LogP) is 4.72. The third-order valence-electron chi connectivity index (χ3n) is 9.64. The van der Waals surface area contributed by atoms with E-state index < -0.39 is 5.60 Å². The number of likely N-dealkylation sites (tertiary alicyclic amines) is 1. The maximum atomic E-state index is 13.1. The summed E-state index contributed by atoms with van der Waals surface area (Å²) in [5, 5.41) is 9.66. The van der Waals surface area contributed by atoms with Crippen molar-refractivity contribution >= 4 is 11.9 Å². The number of hydrogen-bond donors (Lipinski definition) is 0. The number of ether oxygens (including phenoxy) is 2. The molecule has 10 nitrogen and oxygen atoms in total. The second-order valence-corrected chi connectivity index (χ2v) is 13.8. The molecular formula is C34H47N7O3. The van der Waals surface area contributed by atoms with Gasteiger partial charge in [-0.3, -0.25) is 4.90 Å². The second kappa shape index (κ2) is 12.9. The number of nitrogens with zero attached hydrogens (tertiary/aromatic N) is 7. The second-order valence-electron chi connectivity index (χ2n) is 13.8. The number of rotatable bonds is 6. The summed E-state index contributed by atoms with van der Waals surface area (Å²) in [5.74, 6) is 0.889. The van der Waals surface area contributed by atoms with Crippen molar-refractivity contribution in [3.63, 3.8) is 0 Å². The molecule has 0 radical (unpaired) electrons. The standard InChI is InChI=1S/C34H47N7O3/c1-34(2,3)44-33(42)41-20-19-40(21-25(41)14-16-35)31-28-15-18-39(30-13-7-10-24-9-5-6-12-27(24)30)22-29(28)36-32(37-31)43-23-26-11-8-17-38(26)4/h5-6,9,12,25-26,30H,7-8,10-11,13-15,17-23H2,1-4H3/t25-,26-,30?/m0/s1. The third-order valence-corrected chi connectivity index (χ3v) is 9.64. The number of nitriles is 1. The topological polar surface area (TPSA) is 98.1 Å². The Morgan fingerprint density at radius 1 is 1.05 bits per heavy atom. The van der Waals surface area contributed by atoms with Crippen LogP contribution in [0.2, 0.25) is 0 Å². The van der Waals surface area contributed by atoms with Gasteiger partial charge in [-0.05, 0) is 84.0 Å². The summed E-state index contributed by atoms with van der Waals surface area (Å²) in [6.07, 6.45) is 6.52. The first-order valence-corrected chi connectivity index (χ1v) is 16.4. The fourth-order valence-electron chi connectivity index (χ4n) is 7.36. The molecule has 44 heavy (non-hydrogen) atoms. The Labute approximate surface area is 261 Å². The van der Waals surface area contributed by atoms with Crippen LogP contribution in [-0.2, 0) is 24.1 Å². The number of aromatic nitrogens is 2. The summed E-state index contributed by atoms with van der Waals surface area (Å²) in [7, 11) is 2.15. The van der Waals surface area contributed by atoms with Gasteiger partial charge in [0.2, 0.25) is 0 Å². The molecule has 4 heterocycles. The summed E-state index contributed by atoms with van der Waals surface area (Å²) in [4.78, 5) is 32.0. The zero-order chi connectivity index (χ0) is 30.8. The van der Waals surface area contributed by atoms with Crippen LogP contribution in [0.4, 0.5) is 10.6 Å². The molecule has 10 heteroatoms. The summed E-state index contributed by atoms with van der Waals surface area (Å²) in [6, 6.07) is 12.1. The van der Waals surface area contributed by atoms with E-state index >= 15 is 0 Å². The molecule has 1 aromatic heterocycles. The molecule has 2 fully saturated rings. The van der Waals surface area contributed by atoms with Crippen molar-refractivity contribution in [3.05, 3.63) is 46.6 Å². The van der Waals surface area contributed by atoms with Crippen LogP contribution in [0.1, 0.15) is 81.3 Å². The van der Waals surface area contributed by atoms with Crippen LogP contribution in [0.5, 0.6) is 6.01 Å². The van der Waals surface area contributed by atoms with Crippen molar-refractivity contribution in [1.29, 1.82) is 5.26 Å². The van der Waals surface area contributed by atoms with Crippen molar-refractivity contribution in [2.45, 2.75) is 96.0 Å². The van der Waals surface area contributed by atoms with E-state index in [9.17, 15) is 10.1 Å². The highest BCUT2D eigenvalue weighted by Crippen LogP contribution is 2.39. The molecule has 4 aliphatic rings. The summed E-state index contributed by atoms with van der Waals surface area (Å²) in [6.45, 7) is 10.5. The maximum Gasteiger partial charge on any atom is 0.410 e. The van der Waals surface area contributed by atoms with Gasteiger partial charge in [-0.25, -0.2) is 4.79 Å². The zero-order valence-electron chi connectivity index (χ0n) is 26.8. The molecule has 1 amide bonds. The Bertz CT molecular complexity index is 1390. The Hall–Kier alpha value is -3.42. The number of benzene rings is 1. The van der Waals surface area contributed by atoms with Crippen LogP contribution >= 0.6 is 0 Å². The van der Waals surface area contributed by atoms with E-state index in [0.717, 1.165) is 62.4 Å². The molecule has 3 atom stereocenters. The zero-order valence-corrected chi connectivity index (χ0v) is 26.8. The van der Waals surface area contributed by atoms with E-state index in [1.165, 1.54) is 24.0 Å². The number of hydrogen-bond acceptors (Lipinski definition) is 9. The van der Waals surface area contributed by atoms with Crippen molar-refractivity contribution in [1.82, 2.24) is 24.7 Å². The summed E-state index contributed by atoms with van der Waals surface area (Å²) >= 11 is 0. The first-order chi connectivity index (χ1) is 21.2. The van der Waals surface area contributed by atoms with Crippen molar-refractivity contribution < 1.29 is 14.3 Å². The smallest absolute Gasteiger partial charge is 0.410 e. The Kier molecular flexibility index (Phi) is 8.97. The van der Waals surface area contributed by atoms with Crippen LogP contribution in [0, 0.1) is 11.3 Å². The minimum atomic E-state index is -0.596. The van der Waals surface area contributed by atoms with E-state index in [1.54, 1.807) is 4.90 Å². The van der Waals surface area contributed by atoms with Crippen molar-refractivity contribution in [2.75, 3.05) is 51.3 Å². The molecule has 1 aliphatic carbocycles. The van der Waals surface area contributed by atoms with Crippen molar-refractivity contribution in [2.24, 2.45) is 0 Å². The van der Waals surface area contributed by atoms with E-state index in [0.29, 0.717) is 44.3 Å². The minimum absolute atomic E-state index is 0.231. The highest BCUT2D eigenvalue weighted by atomic mass is 16.6. The average Bonchev–Trinajstić information content (AvgIpc) is 3.42. The van der Waals surface area contributed by atoms with Crippen LogP contribution in [0.3, 0.4) is 0 Å². The number of likely N-dealkylation sites (N-methyl/N-ethyl adjacent to an activating group) is 1. The van der Waals surface area contributed by atoms with Crippen LogP contribution in [-0.4, -0.2) is 94.8 Å². The van der Waals surface area contributed by atoms with Gasteiger partial charge in [0.25, 0.3) is 0 Å². The number of anilines is 1. The van der Waals surface area contributed by atoms with E-state index in [4.69, 9.17) is 19.4 Å². The minimum Gasteiger partial charge on any atom is -0.462 e. The molecule has 2 saturated heterocycles. The monoisotopic (exact) mass is 601 g/mol. The normalized spacial score (nSPS) is 24.4.